The fraction of sp³-hybridized carbons (Fsp3) is 0.111. The Morgan fingerprint density at radius 3 is 2.58 bits per heavy atom. The summed E-state index contributed by atoms with van der Waals surface area (Å²) >= 11 is 0. The van der Waals surface area contributed by atoms with Crippen LogP contribution >= 0.6 is 0 Å². The molecular weight excluding hydrogens is 354 g/mol. The van der Waals surface area contributed by atoms with E-state index < -0.39 is 9.84 Å². The van der Waals surface area contributed by atoms with E-state index in [-0.39, 0.29) is 10.9 Å². The first kappa shape index (κ1) is 16.3. The van der Waals surface area contributed by atoms with Crippen LogP contribution in [0.15, 0.2) is 64.4 Å². The number of oxazole rings is 1. The molecular formula is C18H15N3O4S. The van der Waals surface area contributed by atoms with Crippen LogP contribution in [0.5, 0.6) is 5.75 Å². The molecule has 2 aromatic heterocycles. The van der Waals surface area contributed by atoms with Crippen molar-refractivity contribution in [3.8, 4) is 17.2 Å². The standard InChI is InChI=1S/C18H15N3O4S/c1-24-14-8-6-12(7-9-14)17-19-13(10-25-17)11-26(22,23)18-20-15-4-2-3-5-16(15)21-18/h2-10H,11H2,1H3,(H,20,21). The number of H-pyrrole nitrogens is 1. The van der Waals surface area contributed by atoms with E-state index >= 15 is 0 Å². The maximum absolute atomic E-state index is 12.6. The monoisotopic (exact) mass is 369 g/mol. The lowest BCUT2D eigenvalue weighted by atomic mass is 10.2. The van der Waals surface area contributed by atoms with Crippen LogP contribution in [-0.4, -0.2) is 30.5 Å². The topological polar surface area (TPSA) is 98.1 Å². The molecule has 2 heterocycles. The number of nitrogens with zero attached hydrogens (tertiary/aromatic N) is 2. The van der Waals surface area contributed by atoms with Gasteiger partial charge in [-0.05, 0) is 36.4 Å². The molecule has 4 aromatic rings. The summed E-state index contributed by atoms with van der Waals surface area (Å²) in [5.74, 6) is 0.766. The van der Waals surface area contributed by atoms with Gasteiger partial charge in [0.25, 0.3) is 0 Å². The molecule has 0 aliphatic carbocycles. The van der Waals surface area contributed by atoms with E-state index in [1.807, 2.05) is 6.07 Å². The van der Waals surface area contributed by atoms with E-state index in [2.05, 4.69) is 15.0 Å². The zero-order valence-corrected chi connectivity index (χ0v) is 14.7. The second-order valence-corrected chi connectivity index (χ2v) is 7.60. The first-order valence-corrected chi connectivity index (χ1v) is 9.47. The molecule has 0 saturated heterocycles. The molecule has 2 aromatic carbocycles. The Hall–Kier alpha value is -3.13. The zero-order chi connectivity index (χ0) is 18.1. The Bertz CT molecular complexity index is 1130. The van der Waals surface area contributed by atoms with Gasteiger partial charge in [0.2, 0.25) is 20.9 Å². The number of nitrogens with one attached hydrogen (secondary N) is 1. The van der Waals surface area contributed by atoms with Crippen molar-refractivity contribution in [2.45, 2.75) is 10.9 Å². The number of fused-ring (bicyclic) bond motifs is 1. The zero-order valence-electron chi connectivity index (χ0n) is 13.8. The van der Waals surface area contributed by atoms with E-state index in [0.717, 1.165) is 5.56 Å². The molecule has 8 heteroatoms. The summed E-state index contributed by atoms with van der Waals surface area (Å²) in [6.07, 6.45) is 1.35. The van der Waals surface area contributed by atoms with Crippen LogP contribution in [0.1, 0.15) is 5.69 Å². The number of sulfone groups is 1. The Morgan fingerprint density at radius 1 is 1.08 bits per heavy atom. The molecule has 0 saturated carbocycles. The molecule has 0 amide bonds. The number of ether oxygens (including phenoxy) is 1. The van der Waals surface area contributed by atoms with Gasteiger partial charge in [0.05, 0.1) is 23.8 Å². The first-order valence-electron chi connectivity index (χ1n) is 7.81. The lowest BCUT2D eigenvalue weighted by Crippen LogP contribution is -2.07. The van der Waals surface area contributed by atoms with Crippen molar-refractivity contribution < 1.29 is 17.6 Å². The van der Waals surface area contributed by atoms with Gasteiger partial charge in [-0.25, -0.2) is 18.4 Å². The smallest absolute Gasteiger partial charge is 0.226 e. The number of aromatic amines is 1. The normalized spacial score (nSPS) is 11.7. The largest absolute Gasteiger partial charge is 0.497 e. The van der Waals surface area contributed by atoms with Gasteiger partial charge in [-0.2, -0.15) is 0 Å². The Balaban J connectivity index is 1.59. The third-order valence-electron chi connectivity index (χ3n) is 3.89. The van der Waals surface area contributed by atoms with Crippen LogP contribution < -0.4 is 4.74 Å². The van der Waals surface area contributed by atoms with Crippen LogP contribution in [0.4, 0.5) is 0 Å². The number of hydrogen-bond acceptors (Lipinski definition) is 6. The van der Waals surface area contributed by atoms with Gasteiger partial charge >= 0.3 is 0 Å². The van der Waals surface area contributed by atoms with Gasteiger partial charge in [-0.15, -0.1) is 0 Å². The third kappa shape index (κ3) is 3.06. The molecule has 132 valence electrons. The minimum absolute atomic E-state index is 0.0762. The van der Waals surface area contributed by atoms with Crippen LogP contribution in [-0.2, 0) is 15.6 Å². The highest BCUT2D eigenvalue weighted by atomic mass is 32.2. The highest BCUT2D eigenvalue weighted by Gasteiger charge is 2.22. The molecule has 1 N–H and O–H groups in total. The molecule has 0 aliphatic rings. The quantitative estimate of drug-likeness (QED) is 0.580. The number of para-hydroxylation sites is 2. The molecule has 26 heavy (non-hydrogen) atoms. The summed E-state index contributed by atoms with van der Waals surface area (Å²) in [6.45, 7) is 0. The van der Waals surface area contributed by atoms with Crippen molar-refractivity contribution in [2.75, 3.05) is 7.11 Å². The van der Waals surface area contributed by atoms with Gasteiger partial charge in [-0.3, -0.25) is 0 Å². The van der Waals surface area contributed by atoms with Gasteiger partial charge in [0.1, 0.15) is 17.8 Å². The Labute approximate surface area is 149 Å². The molecule has 0 bridgehead atoms. The maximum Gasteiger partial charge on any atom is 0.226 e. The summed E-state index contributed by atoms with van der Waals surface area (Å²) < 4.78 is 35.7. The number of imidazole rings is 1. The average Bonchev–Trinajstić information content (AvgIpc) is 3.28. The minimum Gasteiger partial charge on any atom is -0.497 e. The van der Waals surface area contributed by atoms with Crippen molar-refractivity contribution in [3.05, 3.63) is 60.5 Å². The molecule has 4 rings (SSSR count). The van der Waals surface area contributed by atoms with Crippen LogP contribution in [0.25, 0.3) is 22.5 Å². The molecule has 0 atom stereocenters. The van der Waals surface area contributed by atoms with E-state index in [1.54, 1.807) is 49.6 Å². The van der Waals surface area contributed by atoms with Crippen molar-refractivity contribution in [1.82, 2.24) is 15.0 Å². The summed E-state index contributed by atoms with van der Waals surface area (Å²) in [4.78, 5) is 11.3. The fourth-order valence-corrected chi connectivity index (χ4v) is 3.74. The molecule has 0 fully saturated rings. The van der Waals surface area contributed by atoms with E-state index in [4.69, 9.17) is 9.15 Å². The average molecular weight is 369 g/mol. The van der Waals surface area contributed by atoms with Gasteiger partial charge in [-0.1, -0.05) is 12.1 Å². The van der Waals surface area contributed by atoms with Crippen LogP contribution in [0.3, 0.4) is 0 Å². The number of aromatic nitrogens is 3. The van der Waals surface area contributed by atoms with Crippen LogP contribution in [0.2, 0.25) is 0 Å². The van der Waals surface area contributed by atoms with E-state index in [0.29, 0.717) is 28.4 Å². The summed E-state index contributed by atoms with van der Waals surface area (Å²) in [5.41, 5.74) is 2.32. The predicted molar refractivity (Wildman–Crippen MR) is 95.5 cm³/mol. The highest BCUT2D eigenvalue weighted by Crippen LogP contribution is 2.23. The van der Waals surface area contributed by atoms with Crippen molar-refractivity contribution in [1.29, 1.82) is 0 Å². The Kier molecular flexibility index (Phi) is 3.96. The van der Waals surface area contributed by atoms with Crippen molar-refractivity contribution >= 4 is 20.9 Å². The predicted octanol–water partition coefficient (Wildman–Crippen LogP) is 3.20. The SMILES string of the molecule is COc1ccc(-c2nc(CS(=O)(=O)c3nc4ccccc4[nH]3)co2)cc1. The summed E-state index contributed by atoms with van der Waals surface area (Å²) in [7, 11) is -2.08. The summed E-state index contributed by atoms with van der Waals surface area (Å²) in [5, 5.41) is -0.0762. The van der Waals surface area contributed by atoms with Crippen LogP contribution in [0, 0.1) is 0 Å². The first-order chi connectivity index (χ1) is 12.5. The maximum atomic E-state index is 12.6. The summed E-state index contributed by atoms with van der Waals surface area (Å²) in [6, 6.07) is 14.3. The molecule has 0 spiro atoms. The molecule has 0 radical (unpaired) electrons. The third-order valence-corrected chi connectivity index (χ3v) is 5.35. The number of hydrogen-bond donors (Lipinski definition) is 1. The van der Waals surface area contributed by atoms with Crippen molar-refractivity contribution in [2.24, 2.45) is 0 Å². The number of methoxy groups -OCH3 is 1. The highest BCUT2D eigenvalue weighted by molar-refractivity contribution is 7.90. The molecule has 7 nitrogen and oxygen atoms in total. The van der Waals surface area contributed by atoms with Gasteiger partial charge in [0.15, 0.2) is 0 Å². The van der Waals surface area contributed by atoms with Gasteiger partial charge < -0.3 is 14.1 Å². The molecule has 0 aliphatic heterocycles. The molecule has 0 unspecified atom stereocenters. The lowest BCUT2D eigenvalue weighted by Gasteiger charge is -1.99. The Morgan fingerprint density at radius 2 is 1.85 bits per heavy atom. The van der Waals surface area contributed by atoms with E-state index in [1.165, 1.54) is 6.26 Å². The van der Waals surface area contributed by atoms with Gasteiger partial charge in [0, 0.05) is 5.56 Å². The fourth-order valence-electron chi connectivity index (χ4n) is 2.58. The minimum atomic E-state index is -3.66. The second kappa shape index (κ2) is 6.30. The van der Waals surface area contributed by atoms with E-state index in [9.17, 15) is 8.42 Å². The number of benzene rings is 2. The lowest BCUT2D eigenvalue weighted by molar-refractivity contribution is 0.415. The van der Waals surface area contributed by atoms with Crippen molar-refractivity contribution in [3.63, 3.8) is 0 Å². The second-order valence-electron chi connectivity index (χ2n) is 5.69. The number of rotatable bonds is 5.